The smallest absolute Gasteiger partial charge is 0.383 e. The summed E-state index contributed by atoms with van der Waals surface area (Å²) >= 11 is 0. The van der Waals surface area contributed by atoms with Gasteiger partial charge in [-0.05, 0) is 18.1 Å². The summed E-state index contributed by atoms with van der Waals surface area (Å²) in [5.74, 6) is -0.727. The van der Waals surface area contributed by atoms with Gasteiger partial charge in [0.05, 0.1) is 12.2 Å². The van der Waals surface area contributed by atoms with Crippen molar-refractivity contribution in [1.82, 2.24) is 5.32 Å². The predicted octanol–water partition coefficient (Wildman–Crippen LogP) is 2.07. The first-order chi connectivity index (χ1) is 9.84. The minimum Gasteiger partial charge on any atom is -0.383 e. The van der Waals surface area contributed by atoms with Crippen LogP contribution in [0.3, 0.4) is 0 Å². The van der Waals surface area contributed by atoms with E-state index in [0.29, 0.717) is 6.42 Å². The summed E-state index contributed by atoms with van der Waals surface area (Å²) < 4.78 is 43.6. The van der Waals surface area contributed by atoms with Crippen LogP contribution < -0.4 is 11.1 Å². The molecule has 0 saturated heterocycles. The summed E-state index contributed by atoms with van der Waals surface area (Å²) in [4.78, 5) is 11.7. The molecule has 4 nitrogen and oxygen atoms in total. The molecule has 2 rings (SSSR count). The van der Waals surface area contributed by atoms with Crippen molar-refractivity contribution in [2.75, 3.05) is 13.7 Å². The molecule has 3 unspecified atom stereocenters. The van der Waals surface area contributed by atoms with Crippen LogP contribution in [0.25, 0.3) is 0 Å². The van der Waals surface area contributed by atoms with Crippen molar-refractivity contribution in [3.63, 3.8) is 0 Å². The molecule has 8 heteroatoms. The third kappa shape index (κ3) is 4.34. The van der Waals surface area contributed by atoms with Gasteiger partial charge in [-0.3, -0.25) is 4.79 Å². The average Bonchev–Trinajstić information content (AvgIpc) is 3.17. The maximum Gasteiger partial charge on any atom is 0.416 e. The maximum absolute atomic E-state index is 12.9. The fourth-order valence-corrected chi connectivity index (χ4v) is 2.32. The summed E-state index contributed by atoms with van der Waals surface area (Å²) in [7, 11) is 1.42. The largest absolute Gasteiger partial charge is 0.416 e. The Morgan fingerprint density at radius 1 is 1.45 bits per heavy atom. The van der Waals surface area contributed by atoms with Crippen LogP contribution in [0.2, 0.25) is 0 Å². The number of nitrogens with two attached hydrogens (primary N) is 1. The van der Waals surface area contributed by atoms with Gasteiger partial charge in [0.15, 0.2) is 0 Å². The molecule has 1 saturated carbocycles. The minimum atomic E-state index is -4.39. The van der Waals surface area contributed by atoms with E-state index in [9.17, 15) is 18.0 Å². The highest BCUT2D eigenvalue weighted by Crippen LogP contribution is 2.46. The van der Waals surface area contributed by atoms with Gasteiger partial charge >= 0.3 is 6.18 Å². The van der Waals surface area contributed by atoms with Crippen LogP contribution in [-0.2, 0) is 15.7 Å². The summed E-state index contributed by atoms with van der Waals surface area (Å²) in [6.45, 7) is 0.0718. The highest BCUT2D eigenvalue weighted by molar-refractivity contribution is 5.85. The molecule has 1 fully saturated rings. The molecular weight excluding hydrogens is 321 g/mol. The Morgan fingerprint density at radius 2 is 2.09 bits per heavy atom. The van der Waals surface area contributed by atoms with Gasteiger partial charge < -0.3 is 15.8 Å². The lowest BCUT2D eigenvalue weighted by atomic mass is 10.0. The Hall–Kier alpha value is -1.31. The molecule has 3 atom stereocenters. The number of carbonyl (C=O) groups excluding carboxylic acids is 1. The number of halogens is 4. The van der Waals surface area contributed by atoms with E-state index < -0.39 is 23.7 Å². The molecule has 0 radical (unpaired) electrons. The van der Waals surface area contributed by atoms with Gasteiger partial charge in [-0.25, -0.2) is 0 Å². The molecule has 1 aliphatic carbocycles. The molecule has 1 aromatic carbocycles. The highest BCUT2D eigenvalue weighted by Gasteiger charge is 2.45. The Morgan fingerprint density at radius 3 is 2.68 bits per heavy atom. The van der Waals surface area contributed by atoms with Crippen molar-refractivity contribution >= 4 is 18.3 Å². The van der Waals surface area contributed by atoms with Crippen LogP contribution >= 0.6 is 12.4 Å². The summed E-state index contributed by atoms with van der Waals surface area (Å²) in [5.41, 5.74) is 5.14. The first-order valence-corrected chi connectivity index (χ1v) is 6.55. The number of methoxy groups -OCH3 is 1. The SMILES string of the molecule is COCC(N)C(=O)NC1CC1c1ccccc1C(F)(F)F.Cl. The number of nitrogens with one attached hydrogen (secondary N) is 1. The van der Waals surface area contributed by atoms with E-state index in [-0.39, 0.29) is 36.5 Å². The van der Waals surface area contributed by atoms with Gasteiger partial charge in [0, 0.05) is 19.1 Å². The Balaban J connectivity index is 0.00000242. The lowest BCUT2D eigenvalue weighted by molar-refractivity contribution is -0.138. The molecule has 0 aliphatic heterocycles. The van der Waals surface area contributed by atoms with E-state index in [0.717, 1.165) is 6.07 Å². The normalized spacial score (nSPS) is 21.7. The number of hydrogen-bond acceptors (Lipinski definition) is 3. The van der Waals surface area contributed by atoms with Gasteiger partial charge in [-0.1, -0.05) is 18.2 Å². The zero-order valence-electron chi connectivity index (χ0n) is 11.9. The van der Waals surface area contributed by atoms with Gasteiger partial charge in [0.25, 0.3) is 0 Å². The van der Waals surface area contributed by atoms with Crippen LogP contribution in [0.1, 0.15) is 23.5 Å². The van der Waals surface area contributed by atoms with Gasteiger partial charge in [0.1, 0.15) is 6.04 Å². The molecule has 0 spiro atoms. The summed E-state index contributed by atoms with van der Waals surface area (Å²) in [6, 6.07) is 4.32. The van der Waals surface area contributed by atoms with Gasteiger partial charge in [-0.15, -0.1) is 12.4 Å². The van der Waals surface area contributed by atoms with E-state index in [4.69, 9.17) is 10.5 Å². The van der Waals surface area contributed by atoms with Crippen LogP contribution in [0.5, 0.6) is 0 Å². The molecule has 0 bridgehead atoms. The van der Waals surface area contributed by atoms with Crippen LogP contribution in [0.4, 0.5) is 13.2 Å². The number of hydrogen-bond donors (Lipinski definition) is 2. The Kier molecular flexibility index (Phi) is 6.22. The Labute approximate surface area is 132 Å². The summed E-state index contributed by atoms with van der Waals surface area (Å²) in [6.07, 6.45) is -3.90. The average molecular weight is 339 g/mol. The van der Waals surface area contributed by atoms with Crippen molar-refractivity contribution in [1.29, 1.82) is 0 Å². The van der Waals surface area contributed by atoms with Crippen molar-refractivity contribution in [2.45, 2.75) is 30.6 Å². The molecule has 124 valence electrons. The summed E-state index contributed by atoms with van der Waals surface area (Å²) in [5, 5.41) is 2.65. The van der Waals surface area contributed by atoms with Crippen LogP contribution in [0.15, 0.2) is 24.3 Å². The Bertz CT molecular complexity index is 525. The first-order valence-electron chi connectivity index (χ1n) is 6.55. The monoisotopic (exact) mass is 338 g/mol. The van der Waals surface area contributed by atoms with E-state index >= 15 is 0 Å². The molecule has 1 aliphatic rings. The zero-order chi connectivity index (χ0) is 15.6. The second-order valence-corrected chi connectivity index (χ2v) is 5.10. The fourth-order valence-electron chi connectivity index (χ4n) is 2.32. The van der Waals surface area contributed by atoms with Crippen LogP contribution in [0, 0.1) is 0 Å². The van der Waals surface area contributed by atoms with Crippen molar-refractivity contribution < 1.29 is 22.7 Å². The number of carbonyl (C=O) groups is 1. The molecule has 1 amide bonds. The van der Waals surface area contributed by atoms with E-state index in [1.807, 2.05) is 0 Å². The predicted molar refractivity (Wildman–Crippen MR) is 77.8 cm³/mol. The van der Waals surface area contributed by atoms with Gasteiger partial charge in [-0.2, -0.15) is 13.2 Å². The number of benzene rings is 1. The zero-order valence-corrected chi connectivity index (χ0v) is 12.7. The molecule has 3 N–H and O–H groups in total. The third-order valence-electron chi connectivity index (χ3n) is 3.47. The number of amides is 1. The lowest BCUT2D eigenvalue weighted by Gasteiger charge is -2.14. The van der Waals surface area contributed by atoms with Crippen molar-refractivity contribution in [3.05, 3.63) is 35.4 Å². The standard InChI is InChI=1S/C14H17F3N2O2.ClH/c1-21-7-11(18)13(20)19-12-6-9(12)8-4-2-3-5-10(8)14(15,16)17;/h2-5,9,11-12H,6-7,18H2,1H3,(H,19,20);1H. The topological polar surface area (TPSA) is 64.3 Å². The van der Waals surface area contributed by atoms with E-state index in [1.165, 1.54) is 19.2 Å². The minimum absolute atomic E-state index is 0. The molecular formula is C14H18ClF3N2O2. The van der Waals surface area contributed by atoms with E-state index in [1.54, 1.807) is 6.07 Å². The van der Waals surface area contributed by atoms with Crippen LogP contribution in [-0.4, -0.2) is 31.7 Å². The molecule has 1 aromatic rings. The lowest BCUT2D eigenvalue weighted by Crippen LogP contribution is -2.44. The van der Waals surface area contributed by atoms with Crippen molar-refractivity contribution in [2.24, 2.45) is 5.73 Å². The number of alkyl halides is 3. The third-order valence-corrected chi connectivity index (χ3v) is 3.47. The fraction of sp³-hybridized carbons (Fsp3) is 0.500. The molecule has 22 heavy (non-hydrogen) atoms. The second-order valence-electron chi connectivity index (χ2n) is 5.10. The van der Waals surface area contributed by atoms with Crippen molar-refractivity contribution in [3.8, 4) is 0 Å². The number of rotatable bonds is 5. The molecule has 0 aromatic heterocycles. The maximum atomic E-state index is 12.9. The number of ether oxygens (including phenoxy) is 1. The highest BCUT2D eigenvalue weighted by atomic mass is 35.5. The second kappa shape index (κ2) is 7.30. The quantitative estimate of drug-likeness (QED) is 0.864. The van der Waals surface area contributed by atoms with E-state index in [2.05, 4.69) is 5.32 Å². The van der Waals surface area contributed by atoms with Gasteiger partial charge in [0.2, 0.25) is 5.91 Å². The molecule has 0 heterocycles. The first kappa shape index (κ1) is 18.7.